The van der Waals surface area contributed by atoms with Gasteiger partial charge in [0.05, 0.1) is 18.0 Å². The third kappa shape index (κ3) is 3.05. The molecule has 0 aliphatic carbocycles. The Bertz CT molecular complexity index is 537. The highest BCUT2D eigenvalue weighted by atomic mass is 79.9. The van der Waals surface area contributed by atoms with Crippen LogP contribution < -0.4 is 0 Å². The Morgan fingerprint density at radius 2 is 2.28 bits per heavy atom. The number of carbonyl (C=O) groups is 1. The SMILES string of the molecule is CCOC(=O)Cc1ccc(C#N)c([N+](=O)[O-])c1Br. The largest absolute Gasteiger partial charge is 0.466 e. The zero-order valence-corrected chi connectivity index (χ0v) is 11.1. The highest BCUT2D eigenvalue weighted by molar-refractivity contribution is 9.10. The summed E-state index contributed by atoms with van der Waals surface area (Å²) in [6, 6.07) is 4.55. The summed E-state index contributed by atoms with van der Waals surface area (Å²) in [6.45, 7) is 1.92. The molecule has 0 aliphatic rings. The van der Waals surface area contributed by atoms with Crippen molar-refractivity contribution in [2.75, 3.05) is 6.61 Å². The number of nitro benzene ring substituents is 1. The van der Waals surface area contributed by atoms with E-state index in [0.717, 1.165) is 0 Å². The minimum atomic E-state index is -0.655. The van der Waals surface area contributed by atoms with Crippen LogP contribution in [0.15, 0.2) is 16.6 Å². The number of rotatable bonds is 4. The number of nitrogens with zero attached hydrogens (tertiary/aromatic N) is 2. The van der Waals surface area contributed by atoms with Crippen molar-refractivity contribution in [1.29, 1.82) is 5.26 Å². The first-order valence-electron chi connectivity index (χ1n) is 5.02. The molecule has 0 spiro atoms. The molecule has 18 heavy (non-hydrogen) atoms. The van der Waals surface area contributed by atoms with Crippen molar-refractivity contribution < 1.29 is 14.5 Å². The number of ether oxygens (including phenoxy) is 1. The Morgan fingerprint density at radius 3 is 2.78 bits per heavy atom. The van der Waals surface area contributed by atoms with Crippen LogP contribution in [0.5, 0.6) is 0 Å². The second kappa shape index (κ2) is 6.12. The third-order valence-corrected chi connectivity index (χ3v) is 3.02. The van der Waals surface area contributed by atoms with Crippen LogP contribution in [0.2, 0.25) is 0 Å². The van der Waals surface area contributed by atoms with Crippen molar-refractivity contribution in [2.24, 2.45) is 0 Å². The molecule has 0 atom stereocenters. The van der Waals surface area contributed by atoms with Crippen molar-refractivity contribution in [3.63, 3.8) is 0 Å². The third-order valence-electron chi connectivity index (χ3n) is 2.14. The summed E-state index contributed by atoms with van der Waals surface area (Å²) in [6.07, 6.45) is -0.0824. The van der Waals surface area contributed by atoms with Crippen LogP contribution in [0, 0.1) is 21.4 Å². The van der Waals surface area contributed by atoms with E-state index in [0.29, 0.717) is 5.56 Å². The van der Waals surface area contributed by atoms with Gasteiger partial charge in [0.25, 0.3) is 0 Å². The number of halogens is 1. The topological polar surface area (TPSA) is 93.2 Å². The highest BCUT2D eigenvalue weighted by Gasteiger charge is 2.22. The number of nitro groups is 1. The quantitative estimate of drug-likeness (QED) is 0.483. The average Bonchev–Trinajstić information content (AvgIpc) is 2.31. The van der Waals surface area contributed by atoms with Crippen molar-refractivity contribution in [3.05, 3.63) is 37.8 Å². The van der Waals surface area contributed by atoms with E-state index in [1.54, 1.807) is 13.0 Å². The lowest BCUT2D eigenvalue weighted by Gasteiger charge is -2.05. The van der Waals surface area contributed by atoms with Gasteiger partial charge in [-0.05, 0) is 34.5 Å². The van der Waals surface area contributed by atoms with Crippen LogP contribution in [-0.2, 0) is 16.0 Å². The van der Waals surface area contributed by atoms with Gasteiger partial charge in [-0.3, -0.25) is 14.9 Å². The molecular formula is C11H9BrN2O4. The van der Waals surface area contributed by atoms with Gasteiger partial charge in [-0.25, -0.2) is 0 Å². The number of benzene rings is 1. The lowest BCUT2D eigenvalue weighted by atomic mass is 10.1. The molecule has 0 aliphatic heterocycles. The smallest absolute Gasteiger partial charge is 0.310 e. The molecule has 1 rings (SSSR count). The second-order valence-corrected chi connectivity index (χ2v) is 4.08. The van der Waals surface area contributed by atoms with Crippen molar-refractivity contribution in [1.82, 2.24) is 0 Å². The van der Waals surface area contributed by atoms with Crippen molar-refractivity contribution in [2.45, 2.75) is 13.3 Å². The molecule has 1 aromatic carbocycles. The fourth-order valence-corrected chi connectivity index (χ4v) is 2.01. The summed E-state index contributed by atoms with van der Waals surface area (Å²) in [4.78, 5) is 21.5. The van der Waals surface area contributed by atoms with Crippen LogP contribution >= 0.6 is 15.9 Å². The highest BCUT2D eigenvalue weighted by Crippen LogP contribution is 2.32. The Balaban J connectivity index is 3.17. The second-order valence-electron chi connectivity index (χ2n) is 3.29. The number of carbonyl (C=O) groups excluding carboxylic acids is 1. The van der Waals surface area contributed by atoms with E-state index in [4.69, 9.17) is 10.00 Å². The first kappa shape index (κ1) is 14.1. The number of esters is 1. The zero-order valence-electron chi connectivity index (χ0n) is 9.47. The van der Waals surface area contributed by atoms with E-state index in [1.807, 2.05) is 0 Å². The van der Waals surface area contributed by atoms with Gasteiger partial charge in [0, 0.05) is 0 Å². The molecule has 0 saturated carbocycles. The van der Waals surface area contributed by atoms with Gasteiger partial charge in [0.2, 0.25) is 0 Å². The molecule has 0 radical (unpaired) electrons. The van der Waals surface area contributed by atoms with E-state index in [9.17, 15) is 14.9 Å². The Labute approximate surface area is 111 Å². The maximum atomic E-state index is 11.3. The molecule has 0 aromatic heterocycles. The van der Waals surface area contributed by atoms with Crippen LogP contribution in [0.4, 0.5) is 5.69 Å². The molecule has 94 valence electrons. The molecule has 0 N–H and O–H groups in total. The van der Waals surface area contributed by atoms with Gasteiger partial charge in [-0.15, -0.1) is 0 Å². The van der Waals surface area contributed by atoms with E-state index in [-0.39, 0.29) is 28.8 Å². The fraction of sp³-hybridized carbons (Fsp3) is 0.273. The standard InChI is InChI=1S/C11H9BrN2O4/c1-2-18-9(15)5-7-3-4-8(6-13)11(10(7)12)14(16)17/h3-4H,2,5H2,1H3. The molecule has 0 heterocycles. The Kier molecular flexibility index (Phi) is 4.80. The molecule has 7 heteroatoms. The number of nitriles is 1. The van der Waals surface area contributed by atoms with Gasteiger partial charge >= 0.3 is 11.7 Å². The normalized spacial score (nSPS) is 9.61. The van der Waals surface area contributed by atoms with Gasteiger partial charge in [0.1, 0.15) is 16.1 Å². The molecule has 0 unspecified atom stereocenters. The predicted octanol–water partition coefficient (Wildman–Crippen LogP) is 2.33. The first-order valence-corrected chi connectivity index (χ1v) is 5.82. The maximum Gasteiger partial charge on any atom is 0.310 e. The van der Waals surface area contributed by atoms with Crippen LogP contribution in [-0.4, -0.2) is 17.5 Å². The van der Waals surface area contributed by atoms with E-state index in [1.165, 1.54) is 12.1 Å². The van der Waals surface area contributed by atoms with Crippen molar-refractivity contribution in [3.8, 4) is 6.07 Å². The van der Waals surface area contributed by atoms with Crippen LogP contribution in [0.1, 0.15) is 18.1 Å². The Hall–Kier alpha value is -1.94. The van der Waals surface area contributed by atoms with Crippen LogP contribution in [0.3, 0.4) is 0 Å². The monoisotopic (exact) mass is 312 g/mol. The van der Waals surface area contributed by atoms with Gasteiger partial charge < -0.3 is 4.74 Å². The Morgan fingerprint density at radius 1 is 1.61 bits per heavy atom. The minimum Gasteiger partial charge on any atom is -0.466 e. The van der Waals surface area contributed by atoms with Gasteiger partial charge in [0.15, 0.2) is 0 Å². The van der Waals surface area contributed by atoms with Crippen LogP contribution in [0.25, 0.3) is 0 Å². The molecule has 0 bridgehead atoms. The summed E-state index contributed by atoms with van der Waals surface area (Å²) in [7, 11) is 0. The van der Waals surface area contributed by atoms with E-state index < -0.39 is 10.9 Å². The summed E-state index contributed by atoms with van der Waals surface area (Å²) < 4.78 is 4.90. The average molecular weight is 313 g/mol. The summed E-state index contributed by atoms with van der Waals surface area (Å²) in [5.41, 5.74) is 0.0259. The molecule has 0 saturated heterocycles. The minimum absolute atomic E-state index is 0.0560. The zero-order chi connectivity index (χ0) is 13.7. The number of hydrogen-bond donors (Lipinski definition) is 0. The molecular weight excluding hydrogens is 304 g/mol. The molecule has 1 aromatic rings. The fourth-order valence-electron chi connectivity index (χ4n) is 1.38. The first-order chi connectivity index (χ1) is 8.51. The number of hydrogen-bond acceptors (Lipinski definition) is 5. The lowest BCUT2D eigenvalue weighted by molar-refractivity contribution is -0.386. The van der Waals surface area contributed by atoms with Crippen molar-refractivity contribution >= 4 is 27.6 Å². The van der Waals surface area contributed by atoms with E-state index >= 15 is 0 Å². The summed E-state index contributed by atoms with van der Waals surface area (Å²) in [5.74, 6) is -0.475. The van der Waals surface area contributed by atoms with E-state index in [2.05, 4.69) is 15.9 Å². The predicted molar refractivity (Wildman–Crippen MR) is 65.8 cm³/mol. The molecule has 0 fully saturated rings. The lowest BCUT2D eigenvalue weighted by Crippen LogP contribution is -2.09. The molecule has 6 nitrogen and oxygen atoms in total. The summed E-state index contributed by atoms with van der Waals surface area (Å²) in [5, 5.41) is 19.7. The molecule has 0 amide bonds. The van der Waals surface area contributed by atoms with Gasteiger partial charge in [-0.1, -0.05) is 6.07 Å². The summed E-state index contributed by atoms with van der Waals surface area (Å²) >= 11 is 3.05. The maximum absolute atomic E-state index is 11.3. The van der Waals surface area contributed by atoms with Gasteiger partial charge in [-0.2, -0.15) is 5.26 Å².